The highest BCUT2D eigenvalue weighted by molar-refractivity contribution is 7.80. The SMILES string of the molecule is CCOC(=O)c1sc(NC(=S)NC(=O)c2cc3ccccc3o2)nc1C. The first kappa shape index (κ1) is 18.0. The maximum Gasteiger partial charge on any atom is 0.350 e. The number of carbonyl (C=O) groups excluding carboxylic acids is 2. The van der Waals surface area contributed by atoms with Crippen LogP contribution in [0.2, 0.25) is 0 Å². The van der Waals surface area contributed by atoms with Crippen LogP contribution in [-0.2, 0) is 4.74 Å². The summed E-state index contributed by atoms with van der Waals surface area (Å²) in [5.41, 5.74) is 1.15. The first-order valence-electron chi connectivity index (χ1n) is 7.73. The molecule has 1 amide bonds. The van der Waals surface area contributed by atoms with Crippen LogP contribution < -0.4 is 10.6 Å². The van der Waals surface area contributed by atoms with E-state index in [1.54, 1.807) is 26.0 Å². The van der Waals surface area contributed by atoms with Crippen molar-refractivity contribution in [2.45, 2.75) is 13.8 Å². The Labute approximate surface area is 158 Å². The molecule has 7 nitrogen and oxygen atoms in total. The number of fused-ring (bicyclic) bond motifs is 1. The number of benzene rings is 1. The minimum atomic E-state index is -0.474. The molecule has 2 aromatic heterocycles. The van der Waals surface area contributed by atoms with E-state index in [9.17, 15) is 9.59 Å². The molecule has 26 heavy (non-hydrogen) atoms. The third-order valence-corrected chi connectivity index (χ3v) is 4.61. The van der Waals surface area contributed by atoms with E-state index >= 15 is 0 Å². The molecule has 0 unspecified atom stereocenters. The number of furan rings is 1. The van der Waals surface area contributed by atoms with E-state index < -0.39 is 11.9 Å². The molecule has 9 heteroatoms. The zero-order valence-corrected chi connectivity index (χ0v) is 15.6. The fourth-order valence-corrected chi connectivity index (χ4v) is 3.34. The lowest BCUT2D eigenvalue weighted by atomic mass is 10.2. The van der Waals surface area contributed by atoms with Gasteiger partial charge in [-0.25, -0.2) is 9.78 Å². The number of hydrogen-bond acceptors (Lipinski definition) is 7. The standard InChI is InChI=1S/C17H15N3O4S2/c1-3-23-15(22)13-9(2)18-17(26-13)20-16(25)19-14(21)12-8-10-6-4-5-7-11(10)24-12/h4-8H,3H2,1-2H3,(H2,18,19,20,21,25). The number of hydrogen-bond donors (Lipinski definition) is 2. The van der Waals surface area contributed by atoms with Crippen molar-refractivity contribution < 1.29 is 18.7 Å². The summed E-state index contributed by atoms with van der Waals surface area (Å²) in [5, 5.41) is 6.59. The molecular weight excluding hydrogens is 374 g/mol. The highest BCUT2D eigenvalue weighted by Gasteiger charge is 2.18. The van der Waals surface area contributed by atoms with Gasteiger partial charge < -0.3 is 14.5 Å². The van der Waals surface area contributed by atoms with Gasteiger partial charge >= 0.3 is 5.97 Å². The normalized spacial score (nSPS) is 10.5. The largest absolute Gasteiger partial charge is 0.462 e. The summed E-state index contributed by atoms with van der Waals surface area (Å²) in [5.74, 6) is -0.761. The maximum absolute atomic E-state index is 12.3. The molecule has 2 N–H and O–H groups in total. The van der Waals surface area contributed by atoms with Crippen molar-refractivity contribution in [3.8, 4) is 0 Å². The number of nitrogens with zero attached hydrogens (tertiary/aromatic N) is 1. The smallest absolute Gasteiger partial charge is 0.350 e. The maximum atomic E-state index is 12.3. The highest BCUT2D eigenvalue weighted by Crippen LogP contribution is 2.23. The van der Waals surface area contributed by atoms with Crippen LogP contribution in [0.5, 0.6) is 0 Å². The molecule has 134 valence electrons. The van der Waals surface area contributed by atoms with Crippen molar-refractivity contribution in [3.63, 3.8) is 0 Å². The van der Waals surface area contributed by atoms with E-state index in [2.05, 4.69) is 15.6 Å². The number of esters is 1. The second kappa shape index (κ2) is 7.63. The third-order valence-electron chi connectivity index (χ3n) is 3.35. The molecule has 0 radical (unpaired) electrons. The number of para-hydroxylation sites is 1. The minimum Gasteiger partial charge on any atom is -0.462 e. The second-order valence-electron chi connectivity index (χ2n) is 5.21. The van der Waals surface area contributed by atoms with Crippen molar-refractivity contribution in [3.05, 3.63) is 46.7 Å². The van der Waals surface area contributed by atoms with Gasteiger partial charge in [-0.1, -0.05) is 29.5 Å². The summed E-state index contributed by atoms with van der Waals surface area (Å²) in [6.45, 7) is 3.71. The van der Waals surface area contributed by atoms with E-state index in [-0.39, 0.29) is 17.5 Å². The number of aryl methyl sites for hydroxylation is 1. The summed E-state index contributed by atoms with van der Waals surface area (Å²) in [4.78, 5) is 28.7. The van der Waals surface area contributed by atoms with E-state index in [4.69, 9.17) is 21.4 Å². The van der Waals surface area contributed by atoms with Gasteiger partial charge in [0.15, 0.2) is 16.0 Å². The number of rotatable bonds is 4. The van der Waals surface area contributed by atoms with E-state index in [1.807, 2.05) is 18.2 Å². The van der Waals surface area contributed by atoms with Gasteiger partial charge in [0, 0.05) is 5.39 Å². The lowest BCUT2D eigenvalue weighted by molar-refractivity contribution is 0.0531. The van der Waals surface area contributed by atoms with Crippen LogP contribution in [0.4, 0.5) is 5.13 Å². The number of ether oxygens (including phenoxy) is 1. The van der Waals surface area contributed by atoms with E-state index in [1.165, 1.54) is 0 Å². The van der Waals surface area contributed by atoms with Crippen LogP contribution in [0.3, 0.4) is 0 Å². The molecule has 0 bridgehead atoms. The third kappa shape index (κ3) is 3.89. The van der Waals surface area contributed by atoms with Crippen LogP contribution in [0.1, 0.15) is 32.8 Å². The Balaban J connectivity index is 1.66. The highest BCUT2D eigenvalue weighted by atomic mass is 32.1. The molecule has 2 heterocycles. The zero-order valence-electron chi connectivity index (χ0n) is 14.0. The van der Waals surface area contributed by atoms with Gasteiger partial charge in [-0.15, -0.1) is 0 Å². The van der Waals surface area contributed by atoms with Crippen molar-refractivity contribution in [1.29, 1.82) is 0 Å². The number of thiazole rings is 1. The molecule has 3 rings (SSSR count). The quantitative estimate of drug-likeness (QED) is 0.521. The number of carbonyl (C=O) groups is 2. The fourth-order valence-electron chi connectivity index (χ4n) is 2.22. The average Bonchev–Trinajstić information content (AvgIpc) is 3.18. The monoisotopic (exact) mass is 389 g/mol. The minimum absolute atomic E-state index is 0.0552. The number of thiocarbonyl (C=S) groups is 1. The van der Waals surface area contributed by atoms with Crippen molar-refractivity contribution in [2.24, 2.45) is 0 Å². The summed E-state index contributed by atoms with van der Waals surface area (Å²) < 4.78 is 10.5. The molecule has 0 aliphatic rings. The van der Waals surface area contributed by atoms with Gasteiger partial charge in [-0.05, 0) is 38.2 Å². The molecular formula is C17H15N3O4S2. The van der Waals surface area contributed by atoms with Crippen molar-refractivity contribution >= 4 is 56.6 Å². The van der Waals surface area contributed by atoms with Crippen LogP contribution >= 0.6 is 23.6 Å². The Morgan fingerprint density at radius 1 is 1.35 bits per heavy atom. The number of amides is 1. The molecule has 0 aliphatic heterocycles. The van der Waals surface area contributed by atoms with Crippen LogP contribution in [-0.4, -0.2) is 28.6 Å². The summed E-state index contributed by atoms with van der Waals surface area (Å²) in [7, 11) is 0. The average molecular weight is 389 g/mol. The zero-order chi connectivity index (χ0) is 18.7. The van der Waals surface area contributed by atoms with Gasteiger partial charge in [0.25, 0.3) is 5.91 Å². The number of aromatic nitrogens is 1. The predicted molar refractivity (Wildman–Crippen MR) is 103 cm³/mol. The van der Waals surface area contributed by atoms with Gasteiger partial charge in [0.1, 0.15) is 10.5 Å². The predicted octanol–water partition coefficient (Wildman–Crippen LogP) is 3.50. The lowest BCUT2D eigenvalue weighted by Crippen LogP contribution is -2.33. The number of nitrogens with one attached hydrogen (secondary N) is 2. The first-order valence-corrected chi connectivity index (χ1v) is 8.96. The van der Waals surface area contributed by atoms with E-state index in [0.29, 0.717) is 21.3 Å². The first-order chi connectivity index (χ1) is 12.5. The number of anilines is 1. The second-order valence-corrected chi connectivity index (χ2v) is 6.62. The lowest BCUT2D eigenvalue weighted by Gasteiger charge is -2.05. The Morgan fingerprint density at radius 2 is 2.12 bits per heavy atom. The van der Waals surface area contributed by atoms with Crippen molar-refractivity contribution in [1.82, 2.24) is 10.3 Å². The topological polar surface area (TPSA) is 93.5 Å². The Bertz CT molecular complexity index is 960. The molecule has 0 spiro atoms. The molecule has 1 aromatic carbocycles. The van der Waals surface area contributed by atoms with Crippen LogP contribution in [0.15, 0.2) is 34.7 Å². The van der Waals surface area contributed by atoms with Gasteiger partial charge in [-0.2, -0.15) is 0 Å². The fraction of sp³-hybridized carbons (Fsp3) is 0.176. The Hall–Kier alpha value is -2.78. The van der Waals surface area contributed by atoms with Crippen LogP contribution in [0, 0.1) is 6.92 Å². The summed E-state index contributed by atoms with van der Waals surface area (Å²) in [6.07, 6.45) is 0. The Kier molecular flexibility index (Phi) is 5.29. The molecule has 0 aliphatic carbocycles. The molecule has 0 fully saturated rings. The van der Waals surface area contributed by atoms with Gasteiger partial charge in [-0.3, -0.25) is 10.1 Å². The van der Waals surface area contributed by atoms with E-state index in [0.717, 1.165) is 16.7 Å². The van der Waals surface area contributed by atoms with Gasteiger partial charge in [0.2, 0.25) is 0 Å². The summed E-state index contributed by atoms with van der Waals surface area (Å²) in [6, 6.07) is 8.95. The summed E-state index contributed by atoms with van der Waals surface area (Å²) >= 11 is 6.23. The van der Waals surface area contributed by atoms with Crippen molar-refractivity contribution in [2.75, 3.05) is 11.9 Å². The van der Waals surface area contributed by atoms with Crippen LogP contribution in [0.25, 0.3) is 11.0 Å². The molecule has 0 saturated carbocycles. The molecule has 3 aromatic rings. The van der Waals surface area contributed by atoms with Gasteiger partial charge in [0.05, 0.1) is 12.3 Å². The molecule has 0 atom stereocenters. The molecule has 0 saturated heterocycles. The Morgan fingerprint density at radius 3 is 2.85 bits per heavy atom.